The van der Waals surface area contributed by atoms with Crippen molar-refractivity contribution < 1.29 is 4.42 Å². The Hall–Kier alpha value is -0.760. The highest BCUT2D eigenvalue weighted by Gasteiger charge is 2.64. The Labute approximate surface area is 92.1 Å². The molecule has 1 aliphatic carbocycles. The van der Waals surface area contributed by atoms with Crippen LogP contribution in [0.1, 0.15) is 39.2 Å². The van der Waals surface area contributed by atoms with Gasteiger partial charge in [-0.25, -0.2) is 0 Å². The van der Waals surface area contributed by atoms with E-state index in [2.05, 4.69) is 33.0 Å². The minimum atomic E-state index is 0.397. The maximum absolute atomic E-state index is 5.54. The monoisotopic (exact) mass is 207 g/mol. The van der Waals surface area contributed by atoms with Crippen molar-refractivity contribution in [1.29, 1.82) is 0 Å². The van der Waals surface area contributed by atoms with Gasteiger partial charge >= 0.3 is 0 Å². The molecular formula is C13H21NO. The van der Waals surface area contributed by atoms with Crippen molar-refractivity contribution in [1.82, 2.24) is 5.32 Å². The predicted molar refractivity (Wildman–Crippen MR) is 61.6 cm³/mol. The highest BCUT2D eigenvalue weighted by molar-refractivity contribution is 5.18. The first kappa shape index (κ1) is 10.7. The summed E-state index contributed by atoms with van der Waals surface area (Å²) in [5.74, 6) is 2.02. The van der Waals surface area contributed by atoms with E-state index < -0.39 is 0 Å². The van der Waals surface area contributed by atoms with E-state index >= 15 is 0 Å². The Morgan fingerprint density at radius 3 is 2.20 bits per heavy atom. The Morgan fingerprint density at radius 1 is 1.20 bits per heavy atom. The van der Waals surface area contributed by atoms with Gasteiger partial charge in [-0.05, 0) is 29.9 Å². The number of hydrogen-bond acceptors (Lipinski definition) is 2. The lowest BCUT2D eigenvalue weighted by Crippen LogP contribution is -2.21. The summed E-state index contributed by atoms with van der Waals surface area (Å²) in [5.41, 5.74) is 0.795. The van der Waals surface area contributed by atoms with E-state index in [9.17, 15) is 0 Å². The van der Waals surface area contributed by atoms with Gasteiger partial charge in [-0.3, -0.25) is 0 Å². The maximum atomic E-state index is 5.54. The molecule has 2 rings (SSSR count). The first-order chi connectivity index (χ1) is 6.85. The van der Waals surface area contributed by atoms with Crippen LogP contribution in [0, 0.1) is 17.8 Å². The highest BCUT2D eigenvalue weighted by Crippen LogP contribution is 2.62. The van der Waals surface area contributed by atoms with Gasteiger partial charge in [0, 0.05) is 6.04 Å². The molecule has 1 N–H and O–H groups in total. The lowest BCUT2D eigenvalue weighted by Gasteiger charge is -2.03. The summed E-state index contributed by atoms with van der Waals surface area (Å²) in [6.07, 6.45) is 0. The molecule has 0 aromatic carbocycles. The molecule has 0 spiro atoms. The van der Waals surface area contributed by atoms with Gasteiger partial charge in [0.1, 0.15) is 11.5 Å². The molecule has 1 saturated carbocycles. The van der Waals surface area contributed by atoms with Gasteiger partial charge in [-0.15, -0.1) is 0 Å². The van der Waals surface area contributed by atoms with Crippen LogP contribution in [0.3, 0.4) is 0 Å². The van der Waals surface area contributed by atoms with Crippen LogP contribution in [0.2, 0.25) is 0 Å². The van der Waals surface area contributed by atoms with Crippen LogP contribution in [0.5, 0.6) is 0 Å². The maximum Gasteiger partial charge on any atom is 0.117 e. The van der Waals surface area contributed by atoms with Crippen LogP contribution in [0.4, 0.5) is 0 Å². The summed E-state index contributed by atoms with van der Waals surface area (Å²) in [4.78, 5) is 0. The molecule has 15 heavy (non-hydrogen) atoms. The number of rotatable bonds is 3. The molecule has 0 atom stereocenters. The highest BCUT2D eigenvalue weighted by atomic mass is 16.3. The summed E-state index contributed by atoms with van der Waals surface area (Å²) in [5, 5.41) is 3.57. The third-order valence-electron chi connectivity index (χ3n) is 4.30. The zero-order chi connectivity index (χ0) is 11.3. The molecule has 1 fully saturated rings. The van der Waals surface area contributed by atoms with Crippen molar-refractivity contribution in [3.8, 4) is 0 Å². The minimum absolute atomic E-state index is 0.397. The number of hydrogen-bond donors (Lipinski definition) is 1. The van der Waals surface area contributed by atoms with E-state index in [4.69, 9.17) is 4.42 Å². The summed E-state index contributed by atoms with van der Waals surface area (Å²) >= 11 is 0. The van der Waals surface area contributed by atoms with Crippen LogP contribution in [0.15, 0.2) is 16.5 Å². The average Bonchev–Trinajstić information content (AvgIpc) is 2.50. The first-order valence-corrected chi connectivity index (χ1v) is 5.64. The van der Waals surface area contributed by atoms with Crippen molar-refractivity contribution >= 4 is 0 Å². The van der Waals surface area contributed by atoms with E-state index in [0.29, 0.717) is 16.9 Å². The average molecular weight is 207 g/mol. The molecule has 2 nitrogen and oxygen atoms in total. The third kappa shape index (κ3) is 1.61. The Balaban J connectivity index is 1.91. The molecule has 0 radical (unpaired) electrons. The van der Waals surface area contributed by atoms with Gasteiger partial charge in [0.15, 0.2) is 0 Å². The predicted octanol–water partition coefficient (Wildman–Crippen LogP) is 3.11. The molecule has 0 aliphatic heterocycles. The van der Waals surface area contributed by atoms with Crippen LogP contribution < -0.4 is 5.32 Å². The van der Waals surface area contributed by atoms with Gasteiger partial charge in [0.25, 0.3) is 0 Å². The molecule has 1 heterocycles. The second-order valence-corrected chi connectivity index (χ2v) is 5.77. The normalized spacial score (nSPS) is 23.0. The van der Waals surface area contributed by atoms with Gasteiger partial charge in [0.05, 0.1) is 6.54 Å². The first-order valence-electron chi connectivity index (χ1n) is 5.64. The summed E-state index contributed by atoms with van der Waals surface area (Å²) in [6.45, 7) is 12.1. The van der Waals surface area contributed by atoms with E-state index in [1.807, 2.05) is 19.1 Å². The van der Waals surface area contributed by atoms with Crippen molar-refractivity contribution in [2.75, 3.05) is 0 Å². The number of nitrogens with one attached hydrogen (secondary N) is 1. The smallest absolute Gasteiger partial charge is 0.117 e. The van der Waals surface area contributed by atoms with Gasteiger partial charge in [0.2, 0.25) is 0 Å². The Bertz CT molecular complexity index is 348. The summed E-state index contributed by atoms with van der Waals surface area (Å²) in [7, 11) is 0. The topological polar surface area (TPSA) is 25.2 Å². The Morgan fingerprint density at radius 2 is 1.80 bits per heavy atom. The standard InChI is InChI=1S/C13H21NO/c1-9-6-7-10(15-9)8-14-11-12(2,3)13(11,4)5/h6-7,11,14H,8H2,1-5H3. The molecule has 1 aromatic rings. The van der Waals surface area contributed by atoms with Crippen molar-refractivity contribution in [2.45, 2.75) is 47.2 Å². The van der Waals surface area contributed by atoms with E-state index in [0.717, 1.165) is 18.1 Å². The second-order valence-electron chi connectivity index (χ2n) is 5.77. The molecule has 1 aromatic heterocycles. The molecule has 84 valence electrons. The fourth-order valence-corrected chi connectivity index (χ4v) is 2.49. The second kappa shape index (κ2) is 3.11. The van der Waals surface area contributed by atoms with Crippen molar-refractivity contribution in [3.05, 3.63) is 23.7 Å². The number of furan rings is 1. The van der Waals surface area contributed by atoms with E-state index in [-0.39, 0.29) is 0 Å². The van der Waals surface area contributed by atoms with Crippen LogP contribution in [-0.4, -0.2) is 6.04 Å². The molecule has 0 bridgehead atoms. The zero-order valence-corrected chi connectivity index (χ0v) is 10.3. The fraction of sp³-hybridized carbons (Fsp3) is 0.692. The van der Waals surface area contributed by atoms with Crippen molar-refractivity contribution in [3.63, 3.8) is 0 Å². The molecular weight excluding hydrogens is 186 g/mol. The largest absolute Gasteiger partial charge is 0.465 e. The quantitative estimate of drug-likeness (QED) is 0.824. The zero-order valence-electron chi connectivity index (χ0n) is 10.3. The summed E-state index contributed by atoms with van der Waals surface area (Å²) < 4.78 is 5.54. The van der Waals surface area contributed by atoms with E-state index in [1.54, 1.807) is 0 Å². The van der Waals surface area contributed by atoms with Gasteiger partial charge in [-0.1, -0.05) is 27.7 Å². The van der Waals surface area contributed by atoms with Crippen LogP contribution in [0.25, 0.3) is 0 Å². The molecule has 0 unspecified atom stereocenters. The lowest BCUT2D eigenvalue weighted by atomic mass is 10.0. The fourth-order valence-electron chi connectivity index (χ4n) is 2.49. The lowest BCUT2D eigenvalue weighted by molar-refractivity contribution is 0.447. The van der Waals surface area contributed by atoms with Gasteiger partial charge in [-0.2, -0.15) is 0 Å². The van der Waals surface area contributed by atoms with Crippen molar-refractivity contribution in [2.24, 2.45) is 10.8 Å². The third-order valence-corrected chi connectivity index (χ3v) is 4.30. The van der Waals surface area contributed by atoms with E-state index in [1.165, 1.54) is 0 Å². The molecule has 2 heteroatoms. The minimum Gasteiger partial charge on any atom is -0.465 e. The van der Waals surface area contributed by atoms with Crippen LogP contribution in [-0.2, 0) is 6.54 Å². The van der Waals surface area contributed by atoms with Gasteiger partial charge < -0.3 is 9.73 Å². The molecule has 0 saturated heterocycles. The summed E-state index contributed by atoms with van der Waals surface area (Å²) in [6, 6.07) is 4.65. The van der Waals surface area contributed by atoms with Crippen LogP contribution >= 0.6 is 0 Å². The molecule has 1 aliphatic rings. The molecule has 0 amide bonds. The SMILES string of the molecule is Cc1ccc(CNC2C(C)(C)C2(C)C)o1. The Kier molecular flexibility index (Phi) is 2.23. The number of aryl methyl sites for hydroxylation is 1.